The number of carbonyl (C=O) groups excluding carboxylic acids is 1. The van der Waals surface area contributed by atoms with Gasteiger partial charge >= 0.3 is 0 Å². The van der Waals surface area contributed by atoms with Gasteiger partial charge in [0.15, 0.2) is 0 Å². The zero-order valence-electron chi connectivity index (χ0n) is 10.3. The van der Waals surface area contributed by atoms with Gasteiger partial charge in [-0.25, -0.2) is 0 Å². The first-order valence-corrected chi connectivity index (χ1v) is 6.64. The summed E-state index contributed by atoms with van der Waals surface area (Å²) in [5.74, 6) is 0.531. The number of H-pyrrole nitrogens is 1. The number of aromatic amines is 1. The van der Waals surface area contributed by atoms with Crippen molar-refractivity contribution in [2.45, 2.75) is 26.8 Å². The Morgan fingerprint density at radius 2 is 2.33 bits per heavy atom. The Kier molecular flexibility index (Phi) is 3.86. The zero-order chi connectivity index (χ0) is 13.1. The van der Waals surface area contributed by atoms with Gasteiger partial charge in [0, 0.05) is 22.8 Å². The SMILES string of the molecule is CCc1cn[nH]c1NC(=O)c1cc(Br)cn1CC. The van der Waals surface area contributed by atoms with Gasteiger partial charge in [0.05, 0.1) is 6.20 Å². The highest BCUT2D eigenvalue weighted by Crippen LogP contribution is 2.17. The summed E-state index contributed by atoms with van der Waals surface area (Å²) < 4.78 is 2.79. The second-order valence-electron chi connectivity index (χ2n) is 3.91. The molecule has 2 rings (SSSR count). The molecular formula is C12H15BrN4O. The Bertz CT molecular complexity index is 558. The molecule has 0 bridgehead atoms. The van der Waals surface area contributed by atoms with Crippen molar-refractivity contribution in [2.24, 2.45) is 0 Å². The van der Waals surface area contributed by atoms with E-state index in [-0.39, 0.29) is 5.91 Å². The van der Waals surface area contributed by atoms with Crippen molar-refractivity contribution >= 4 is 27.7 Å². The molecule has 0 spiro atoms. The second kappa shape index (κ2) is 5.39. The summed E-state index contributed by atoms with van der Waals surface area (Å²) in [6, 6.07) is 1.81. The minimum absolute atomic E-state index is 0.137. The van der Waals surface area contributed by atoms with E-state index in [1.54, 1.807) is 12.3 Å². The van der Waals surface area contributed by atoms with Gasteiger partial charge in [-0.05, 0) is 35.3 Å². The average molecular weight is 311 g/mol. The summed E-state index contributed by atoms with van der Waals surface area (Å²) in [6.45, 7) is 4.76. The molecule has 0 saturated carbocycles. The van der Waals surface area contributed by atoms with Gasteiger partial charge in [0.1, 0.15) is 11.5 Å². The minimum atomic E-state index is -0.137. The van der Waals surface area contributed by atoms with Crippen molar-refractivity contribution in [1.82, 2.24) is 14.8 Å². The summed E-state index contributed by atoms with van der Waals surface area (Å²) in [4.78, 5) is 12.2. The Morgan fingerprint density at radius 3 is 3.00 bits per heavy atom. The third kappa shape index (κ3) is 2.48. The molecule has 2 heterocycles. The molecule has 0 aromatic carbocycles. The molecule has 2 aromatic heterocycles. The van der Waals surface area contributed by atoms with Crippen molar-refractivity contribution in [2.75, 3.05) is 5.32 Å². The number of carbonyl (C=O) groups is 1. The predicted molar refractivity (Wildman–Crippen MR) is 73.7 cm³/mol. The maximum atomic E-state index is 12.2. The summed E-state index contributed by atoms with van der Waals surface area (Å²) in [6.07, 6.45) is 4.44. The van der Waals surface area contributed by atoms with Gasteiger partial charge in [-0.2, -0.15) is 5.10 Å². The molecule has 0 unspecified atom stereocenters. The van der Waals surface area contributed by atoms with Crippen molar-refractivity contribution in [3.63, 3.8) is 0 Å². The first-order valence-electron chi connectivity index (χ1n) is 5.85. The third-order valence-corrected chi connectivity index (χ3v) is 3.21. The number of hydrogen-bond donors (Lipinski definition) is 2. The number of aryl methyl sites for hydroxylation is 2. The minimum Gasteiger partial charge on any atom is -0.343 e. The highest BCUT2D eigenvalue weighted by atomic mass is 79.9. The molecular weight excluding hydrogens is 296 g/mol. The number of anilines is 1. The predicted octanol–water partition coefficient (Wildman–Crippen LogP) is 2.81. The fourth-order valence-electron chi connectivity index (χ4n) is 1.79. The van der Waals surface area contributed by atoms with Crippen molar-refractivity contribution < 1.29 is 4.79 Å². The van der Waals surface area contributed by atoms with E-state index < -0.39 is 0 Å². The lowest BCUT2D eigenvalue weighted by Gasteiger charge is -2.07. The number of hydrogen-bond acceptors (Lipinski definition) is 2. The van der Waals surface area contributed by atoms with E-state index in [2.05, 4.69) is 31.4 Å². The van der Waals surface area contributed by atoms with Crippen molar-refractivity contribution in [3.05, 3.63) is 34.2 Å². The van der Waals surface area contributed by atoms with Gasteiger partial charge in [0.25, 0.3) is 5.91 Å². The van der Waals surface area contributed by atoms with Gasteiger partial charge in [-0.1, -0.05) is 6.92 Å². The molecule has 0 radical (unpaired) electrons. The molecule has 0 saturated heterocycles. The smallest absolute Gasteiger partial charge is 0.273 e. The van der Waals surface area contributed by atoms with E-state index in [4.69, 9.17) is 0 Å². The topological polar surface area (TPSA) is 62.7 Å². The van der Waals surface area contributed by atoms with Crippen LogP contribution in [0.3, 0.4) is 0 Å². The van der Waals surface area contributed by atoms with Crippen LogP contribution in [-0.4, -0.2) is 20.7 Å². The molecule has 2 N–H and O–H groups in total. The first kappa shape index (κ1) is 12.9. The molecule has 0 aliphatic carbocycles. The molecule has 1 amide bonds. The van der Waals surface area contributed by atoms with E-state index >= 15 is 0 Å². The number of aromatic nitrogens is 3. The fraction of sp³-hybridized carbons (Fsp3) is 0.333. The van der Waals surface area contributed by atoms with Crippen molar-refractivity contribution in [3.8, 4) is 0 Å². The summed E-state index contributed by atoms with van der Waals surface area (Å²) in [5.41, 5.74) is 1.62. The van der Waals surface area contributed by atoms with Crippen LogP contribution in [0.2, 0.25) is 0 Å². The molecule has 2 aromatic rings. The van der Waals surface area contributed by atoms with E-state index in [1.165, 1.54) is 0 Å². The average Bonchev–Trinajstić information content (AvgIpc) is 2.94. The number of rotatable bonds is 4. The maximum absolute atomic E-state index is 12.2. The van der Waals surface area contributed by atoms with Crippen LogP contribution in [0.15, 0.2) is 22.9 Å². The molecule has 96 valence electrons. The molecule has 0 aliphatic rings. The summed E-state index contributed by atoms with van der Waals surface area (Å²) >= 11 is 3.38. The van der Waals surface area contributed by atoms with Crippen LogP contribution in [-0.2, 0) is 13.0 Å². The van der Waals surface area contributed by atoms with E-state index in [0.29, 0.717) is 11.5 Å². The first-order chi connectivity index (χ1) is 8.65. The van der Waals surface area contributed by atoms with Crippen LogP contribution in [0.25, 0.3) is 0 Å². The highest BCUT2D eigenvalue weighted by Gasteiger charge is 2.14. The zero-order valence-corrected chi connectivity index (χ0v) is 11.9. The highest BCUT2D eigenvalue weighted by molar-refractivity contribution is 9.10. The molecule has 18 heavy (non-hydrogen) atoms. The standard InChI is InChI=1S/C12H15BrN4O/c1-3-8-6-14-16-11(8)15-12(18)10-5-9(13)7-17(10)4-2/h5-7H,3-4H2,1-2H3,(H2,14,15,16,18). The van der Waals surface area contributed by atoms with E-state index in [0.717, 1.165) is 23.0 Å². The molecule has 0 fully saturated rings. The maximum Gasteiger partial charge on any atom is 0.273 e. The van der Waals surface area contributed by atoms with Gasteiger partial charge in [0.2, 0.25) is 0 Å². The van der Waals surface area contributed by atoms with Crippen LogP contribution >= 0.6 is 15.9 Å². The Morgan fingerprint density at radius 1 is 1.56 bits per heavy atom. The van der Waals surface area contributed by atoms with Crippen molar-refractivity contribution in [1.29, 1.82) is 0 Å². The lowest BCUT2D eigenvalue weighted by Crippen LogP contribution is -2.17. The molecule has 5 nitrogen and oxygen atoms in total. The lowest BCUT2D eigenvalue weighted by atomic mass is 10.2. The van der Waals surface area contributed by atoms with Crippen LogP contribution < -0.4 is 5.32 Å². The Balaban J connectivity index is 2.21. The normalized spacial score (nSPS) is 10.6. The van der Waals surface area contributed by atoms with Crippen LogP contribution in [0.4, 0.5) is 5.82 Å². The number of amides is 1. The molecule has 0 atom stereocenters. The number of nitrogens with zero attached hydrogens (tertiary/aromatic N) is 2. The van der Waals surface area contributed by atoms with E-state index in [1.807, 2.05) is 24.6 Å². The summed E-state index contributed by atoms with van der Waals surface area (Å²) in [5, 5.41) is 9.58. The van der Waals surface area contributed by atoms with Crippen LogP contribution in [0.5, 0.6) is 0 Å². The van der Waals surface area contributed by atoms with E-state index in [9.17, 15) is 4.79 Å². The van der Waals surface area contributed by atoms with Crippen LogP contribution in [0.1, 0.15) is 29.9 Å². The monoisotopic (exact) mass is 310 g/mol. The quantitative estimate of drug-likeness (QED) is 0.912. The number of nitrogens with one attached hydrogen (secondary N) is 2. The van der Waals surface area contributed by atoms with Gasteiger partial charge in [-0.3, -0.25) is 9.89 Å². The Labute approximate surface area is 114 Å². The fourth-order valence-corrected chi connectivity index (χ4v) is 2.26. The molecule has 0 aliphatic heterocycles. The van der Waals surface area contributed by atoms with Gasteiger partial charge in [-0.15, -0.1) is 0 Å². The number of halogens is 1. The second-order valence-corrected chi connectivity index (χ2v) is 4.82. The van der Waals surface area contributed by atoms with Crippen LogP contribution in [0, 0.1) is 0 Å². The molecule has 6 heteroatoms. The Hall–Kier alpha value is -1.56. The third-order valence-electron chi connectivity index (χ3n) is 2.77. The largest absolute Gasteiger partial charge is 0.343 e. The van der Waals surface area contributed by atoms with Gasteiger partial charge < -0.3 is 9.88 Å². The summed E-state index contributed by atoms with van der Waals surface area (Å²) in [7, 11) is 0. The lowest BCUT2D eigenvalue weighted by molar-refractivity contribution is 0.101.